The van der Waals surface area contributed by atoms with E-state index in [1.165, 1.54) is 11.4 Å². The Kier molecular flexibility index (Phi) is 4.67. The van der Waals surface area contributed by atoms with E-state index in [0.717, 1.165) is 5.56 Å². The van der Waals surface area contributed by atoms with Gasteiger partial charge in [0.2, 0.25) is 10.0 Å². The van der Waals surface area contributed by atoms with E-state index in [2.05, 4.69) is 13.8 Å². The lowest BCUT2D eigenvalue weighted by molar-refractivity contribution is 0.0729. The van der Waals surface area contributed by atoms with Crippen LogP contribution in [0.2, 0.25) is 0 Å². The van der Waals surface area contributed by atoms with E-state index >= 15 is 0 Å². The van der Waals surface area contributed by atoms with E-state index in [1.807, 2.05) is 6.07 Å². The Balaban J connectivity index is 2.40. The van der Waals surface area contributed by atoms with Crippen molar-refractivity contribution in [2.45, 2.75) is 24.7 Å². The van der Waals surface area contributed by atoms with Gasteiger partial charge in [0, 0.05) is 13.1 Å². The smallest absolute Gasteiger partial charge is 0.246 e. The van der Waals surface area contributed by atoms with Crippen LogP contribution in [-0.4, -0.2) is 46.1 Å². The Labute approximate surface area is 120 Å². The van der Waals surface area contributed by atoms with Gasteiger partial charge < -0.3 is 9.47 Å². The van der Waals surface area contributed by atoms with Crippen molar-refractivity contribution in [3.05, 3.63) is 23.8 Å². The molecule has 0 atom stereocenters. The summed E-state index contributed by atoms with van der Waals surface area (Å²) in [6, 6.07) is 5.29. The van der Waals surface area contributed by atoms with Gasteiger partial charge in [-0.05, 0) is 23.6 Å². The number of rotatable bonds is 4. The van der Waals surface area contributed by atoms with Crippen molar-refractivity contribution in [3.8, 4) is 5.75 Å². The largest absolute Gasteiger partial charge is 0.495 e. The first-order valence-electron chi connectivity index (χ1n) is 6.72. The fourth-order valence-electron chi connectivity index (χ4n) is 2.18. The molecule has 6 heteroatoms. The first kappa shape index (κ1) is 15.3. The van der Waals surface area contributed by atoms with Crippen molar-refractivity contribution < 1.29 is 17.9 Å². The van der Waals surface area contributed by atoms with Crippen LogP contribution in [0.25, 0.3) is 0 Å². The van der Waals surface area contributed by atoms with Gasteiger partial charge >= 0.3 is 0 Å². The van der Waals surface area contributed by atoms with E-state index in [9.17, 15) is 8.42 Å². The second kappa shape index (κ2) is 6.11. The molecule has 1 aliphatic rings. The van der Waals surface area contributed by atoms with Crippen LogP contribution in [0.5, 0.6) is 5.75 Å². The van der Waals surface area contributed by atoms with E-state index in [4.69, 9.17) is 9.47 Å². The Bertz CT molecular complexity index is 563. The molecule has 1 heterocycles. The molecule has 1 aromatic rings. The summed E-state index contributed by atoms with van der Waals surface area (Å²) in [6.07, 6.45) is 0. The van der Waals surface area contributed by atoms with Gasteiger partial charge in [0.1, 0.15) is 10.6 Å². The Hall–Kier alpha value is -1.11. The van der Waals surface area contributed by atoms with E-state index in [-0.39, 0.29) is 4.90 Å². The topological polar surface area (TPSA) is 55.8 Å². The normalized spacial score (nSPS) is 17.4. The summed E-state index contributed by atoms with van der Waals surface area (Å²) in [7, 11) is -2.02. The standard InChI is InChI=1S/C14H21NO4S/c1-11(2)12-4-5-14(13(10-12)18-3)20(16,17)15-6-8-19-9-7-15/h4-5,10-11H,6-9H2,1-3H3. The molecule has 0 spiro atoms. The minimum Gasteiger partial charge on any atom is -0.495 e. The van der Waals surface area contributed by atoms with Crippen molar-refractivity contribution in [2.24, 2.45) is 0 Å². The fourth-order valence-corrected chi connectivity index (χ4v) is 3.73. The zero-order chi connectivity index (χ0) is 14.8. The highest BCUT2D eigenvalue weighted by molar-refractivity contribution is 7.89. The number of nitrogens with zero attached hydrogens (tertiary/aromatic N) is 1. The van der Waals surface area contributed by atoms with E-state index in [0.29, 0.717) is 38.0 Å². The molecular formula is C14H21NO4S. The van der Waals surface area contributed by atoms with Crippen LogP contribution in [0.3, 0.4) is 0 Å². The maximum atomic E-state index is 12.6. The predicted molar refractivity (Wildman–Crippen MR) is 76.7 cm³/mol. The number of methoxy groups -OCH3 is 1. The molecule has 112 valence electrons. The highest BCUT2D eigenvalue weighted by atomic mass is 32.2. The van der Waals surface area contributed by atoms with E-state index < -0.39 is 10.0 Å². The molecule has 1 aliphatic heterocycles. The van der Waals surface area contributed by atoms with Crippen molar-refractivity contribution in [1.29, 1.82) is 0 Å². The molecule has 0 unspecified atom stereocenters. The summed E-state index contributed by atoms with van der Waals surface area (Å²) < 4.78 is 37.2. The van der Waals surface area contributed by atoms with E-state index in [1.54, 1.807) is 12.1 Å². The number of sulfonamides is 1. The zero-order valence-electron chi connectivity index (χ0n) is 12.1. The Morgan fingerprint density at radius 1 is 1.25 bits per heavy atom. The third-order valence-electron chi connectivity index (χ3n) is 3.44. The van der Waals surface area contributed by atoms with Gasteiger partial charge in [0.15, 0.2) is 0 Å². The van der Waals surface area contributed by atoms with Gasteiger partial charge in [-0.15, -0.1) is 0 Å². The molecule has 2 rings (SSSR count). The molecule has 5 nitrogen and oxygen atoms in total. The maximum absolute atomic E-state index is 12.6. The first-order chi connectivity index (χ1) is 9.46. The lowest BCUT2D eigenvalue weighted by atomic mass is 10.0. The summed E-state index contributed by atoms with van der Waals surface area (Å²) in [6.45, 7) is 5.77. The van der Waals surface area contributed by atoms with Crippen LogP contribution >= 0.6 is 0 Å². The molecule has 0 N–H and O–H groups in total. The van der Waals surface area contributed by atoms with Gasteiger partial charge in [-0.1, -0.05) is 19.9 Å². The summed E-state index contributed by atoms with van der Waals surface area (Å²) in [4.78, 5) is 0.228. The third-order valence-corrected chi connectivity index (χ3v) is 5.38. The number of hydrogen-bond acceptors (Lipinski definition) is 4. The minimum atomic E-state index is -3.52. The van der Waals surface area contributed by atoms with Crippen molar-refractivity contribution in [1.82, 2.24) is 4.31 Å². The lowest BCUT2D eigenvalue weighted by Crippen LogP contribution is -2.40. The quantitative estimate of drug-likeness (QED) is 0.851. The van der Waals surface area contributed by atoms with Crippen LogP contribution in [-0.2, 0) is 14.8 Å². The summed E-state index contributed by atoms with van der Waals surface area (Å²) in [5.74, 6) is 0.728. The molecule has 1 aromatic carbocycles. The Morgan fingerprint density at radius 3 is 2.45 bits per heavy atom. The van der Waals surface area contributed by atoms with Crippen molar-refractivity contribution >= 4 is 10.0 Å². The highest BCUT2D eigenvalue weighted by Crippen LogP contribution is 2.30. The second-order valence-corrected chi connectivity index (χ2v) is 6.99. The second-order valence-electron chi connectivity index (χ2n) is 5.08. The first-order valence-corrected chi connectivity index (χ1v) is 8.16. The van der Waals surface area contributed by atoms with Gasteiger partial charge in [0.05, 0.1) is 20.3 Å². The van der Waals surface area contributed by atoms with Crippen LogP contribution in [0.1, 0.15) is 25.3 Å². The molecular weight excluding hydrogens is 278 g/mol. The van der Waals surface area contributed by atoms with Crippen LogP contribution < -0.4 is 4.74 Å². The van der Waals surface area contributed by atoms with Gasteiger partial charge in [-0.2, -0.15) is 4.31 Å². The molecule has 1 fully saturated rings. The SMILES string of the molecule is COc1cc(C(C)C)ccc1S(=O)(=O)N1CCOCC1. The van der Waals surface area contributed by atoms with Crippen molar-refractivity contribution in [3.63, 3.8) is 0 Å². The molecule has 0 amide bonds. The van der Waals surface area contributed by atoms with Crippen LogP contribution in [0, 0.1) is 0 Å². The van der Waals surface area contributed by atoms with Gasteiger partial charge in [0.25, 0.3) is 0 Å². The summed E-state index contributed by atoms with van der Waals surface area (Å²) in [5, 5.41) is 0. The molecule has 0 aromatic heterocycles. The predicted octanol–water partition coefficient (Wildman–Crippen LogP) is 1.84. The van der Waals surface area contributed by atoms with Gasteiger partial charge in [-0.25, -0.2) is 8.42 Å². The Morgan fingerprint density at radius 2 is 1.90 bits per heavy atom. The molecule has 0 saturated carbocycles. The summed E-state index contributed by atoms with van der Waals surface area (Å²) in [5.41, 5.74) is 1.06. The third kappa shape index (κ3) is 2.97. The maximum Gasteiger partial charge on any atom is 0.246 e. The van der Waals surface area contributed by atoms with Crippen molar-refractivity contribution in [2.75, 3.05) is 33.4 Å². The molecule has 20 heavy (non-hydrogen) atoms. The lowest BCUT2D eigenvalue weighted by Gasteiger charge is -2.26. The fraction of sp³-hybridized carbons (Fsp3) is 0.571. The minimum absolute atomic E-state index is 0.228. The van der Waals surface area contributed by atoms with Gasteiger partial charge in [-0.3, -0.25) is 0 Å². The number of benzene rings is 1. The number of morpholine rings is 1. The number of hydrogen-bond donors (Lipinski definition) is 0. The molecule has 1 saturated heterocycles. The monoisotopic (exact) mass is 299 g/mol. The summed E-state index contributed by atoms with van der Waals surface area (Å²) >= 11 is 0. The van der Waals surface area contributed by atoms with Crippen LogP contribution in [0.15, 0.2) is 23.1 Å². The average molecular weight is 299 g/mol. The molecule has 0 bridgehead atoms. The molecule has 0 aliphatic carbocycles. The highest BCUT2D eigenvalue weighted by Gasteiger charge is 2.29. The van der Waals surface area contributed by atoms with Crippen LogP contribution in [0.4, 0.5) is 0 Å². The zero-order valence-corrected chi connectivity index (χ0v) is 12.9. The average Bonchev–Trinajstić information content (AvgIpc) is 2.47. The molecule has 0 radical (unpaired) electrons. The number of ether oxygens (including phenoxy) is 2.